The monoisotopic (exact) mass is 366 g/mol. The third-order valence-electron chi connectivity index (χ3n) is 3.47. The minimum atomic E-state index is -0.226. The predicted molar refractivity (Wildman–Crippen MR) is 99.3 cm³/mol. The maximum atomic E-state index is 12.2. The summed E-state index contributed by atoms with van der Waals surface area (Å²) in [5.41, 5.74) is 0.956. The van der Waals surface area contributed by atoms with Gasteiger partial charge in [0.15, 0.2) is 11.0 Å². The molecule has 2 aromatic rings. The second-order valence-electron chi connectivity index (χ2n) is 5.96. The van der Waals surface area contributed by atoms with Gasteiger partial charge in [0.2, 0.25) is 5.91 Å². The molecule has 0 saturated heterocycles. The molecule has 0 unspecified atom stereocenters. The van der Waals surface area contributed by atoms with E-state index in [0.29, 0.717) is 17.5 Å². The second-order valence-corrected chi connectivity index (χ2v) is 7.70. The van der Waals surface area contributed by atoms with E-state index < -0.39 is 0 Å². The Balaban J connectivity index is 2.14. The third-order valence-corrected chi connectivity index (χ3v) is 4.80. The lowest BCUT2D eigenvalue weighted by molar-refractivity contribution is -0.120. The van der Waals surface area contributed by atoms with Crippen molar-refractivity contribution in [2.45, 2.75) is 44.6 Å². The lowest BCUT2D eigenvalue weighted by Crippen LogP contribution is -2.33. The van der Waals surface area contributed by atoms with Crippen LogP contribution in [-0.4, -0.2) is 32.5 Å². The molecule has 0 aliphatic rings. The number of benzene rings is 1. The van der Waals surface area contributed by atoms with Crippen molar-refractivity contribution in [3.8, 4) is 11.4 Å². The van der Waals surface area contributed by atoms with E-state index in [1.165, 1.54) is 11.8 Å². The number of rotatable bonds is 7. The first-order chi connectivity index (χ1) is 11.4. The molecule has 0 aliphatic heterocycles. The standard InChI is InChI=1S/C17H23ClN4OS/c1-5-22-15(13-6-8-14(18)9-7-13)20-21-17(22)24-12(4)16(23)19-10-11(2)3/h6-9,11-12H,5,10H2,1-4H3,(H,19,23)/t12-/m0/s1. The Morgan fingerprint density at radius 1 is 1.25 bits per heavy atom. The Labute approximate surface area is 152 Å². The van der Waals surface area contributed by atoms with Gasteiger partial charge in [0.25, 0.3) is 0 Å². The maximum Gasteiger partial charge on any atom is 0.233 e. The van der Waals surface area contributed by atoms with Crippen LogP contribution in [-0.2, 0) is 11.3 Å². The van der Waals surface area contributed by atoms with E-state index in [1.807, 2.05) is 42.7 Å². The SMILES string of the molecule is CCn1c(S[C@@H](C)C(=O)NCC(C)C)nnc1-c1ccc(Cl)cc1. The topological polar surface area (TPSA) is 59.8 Å². The number of carbonyl (C=O) groups is 1. The number of hydrogen-bond acceptors (Lipinski definition) is 4. The molecule has 1 amide bonds. The number of nitrogens with zero attached hydrogens (tertiary/aromatic N) is 3. The van der Waals surface area contributed by atoms with Gasteiger partial charge in [-0.2, -0.15) is 0 Å². The zero-order valence-corrected chi connectivity index (χ0v) is 16.0. The van der Waals surface area contributed by atoms with Gasteiger partial charge < -0.3 is 9.88 Å². The van der Waals surface area contributed by atoms with Crippen molar-refractivity contribution in [3.63, 3.8) is 0 Å². The minimum Gasteiger partial charge on any atom is -0.355 e. The fourth-order valence-corrected chi connectivity index (χ4v) is 3.20. The summed E-state index contributed by atoms with van der Waals surface area (Å²) in [7, 11) is 0. The molecule has 130 valence electrons. The van der Waals surface area contributed by atoms with Crippen LogP contribution in [0.2, 0.25) is 5.02 Å². The quantitative estimate of drug-likeness (QED) is 0.755. The van der Waals surface area contributed by atoms with Crippen molar-refractivity contribution in [1.82, 2.24) is 20.1 Å². The number of carbonyl (C=O) groups excluding carboxylic acids is 1. The Morgan fingerprint density at radius 3 is 2.50 bits per heavy atom. The number of hydrogen-bond donors (Lipinski definition) is 1. The van der Waals surface area contributed by atoms with E-state index in [-0.39, 0.29) is 11.2 Å². The second kappa shape index (κ2) is 8.53. The summed E-state index contributed by atoms with van der Waals surface area (Å²) < 4.78 is 2.01. The molecular weight excluding hydrogens is 344 g/mol. The lowest BCUT2D eigenvalue weighted by atomic mass is 10.2. The summed E-state index contributed by atoms with van der Waals surface area (Å²) >= 11 is 7.37. The van der Waals surface area contributed by atoms with E-state index in [4.69, 9.17) is 11.6 Å². The Hall–Kier alpha value is -1.53. The van der Waals surface area contributed by atoms with Crippen LogP contribution in [0.5, 0.6) is 0 Å². The molecule has 5 nitrogen and oxygen atoms in total. The smallest absolute Gasteiger partial charge is 0.233 e. The Kier molecular flexibility index (Phi) is 6.69. The van der Waals surface area contributed by atoms with Crippen molar-refractivity contribution >= 4 is 29.3 Å². The molecule has 7 heteroatoms. The van der Waals surface area contributed by atoms with Crippen LogP contribution in [0.4, 0.5) is 0 Å². The summed E-state index contributed by atoms with van der Waals surface area (Å²) in [5.74, 6) is 1.24. The van der Waals surface area contributed by atoms with Crippen molar-refractivity contribution in [2.24, 2.45) is 5.92 Å². The molecule has 1 N–H and O–H groups in total. The first-order valence-corrected chi connectivity index (χ1v) is 9.31. The average molecular weight is 367 g/mol. The van der Waals surface area contributed by atoms with Crippen LogP contribution < -0.4 is 5.32 Å². The largest absolute Gasteiger partial charge is 0.355 e. The summed E-state index contributed by atoms with van der Waals surface area (Å²) in [6.07, 6.45) is 0. The van der Waals surface area contributed by atoms with E-state index in [9.17, 15) is 4.79 Å². The molecule has 2 rings (SSSR count). The van der Waals surface area contributed by atoms with Gasteiger partial charge in [-0.3, -0.25) is 4.79 Å². The normalized spacial score (nSPS) is 12.4. The van der Waals surface area contributed by atoms with Crippen LogP contribution in [0, 0.1) is 5.92 Å². The van der Waals surface area contributed by atoms with Crippen molar-refractivity contribution < 1.29 is 4.79 Å². The average Bonchev–Trinajstić information content (AvgIpc) is 2.95. The molecular formula is C17H23ClN4OS. The molecule has 1 atom stereocenters. The van der Waals surface area contributed by atoms with E-state index in [2.05, 4.69) is 29.4 Å². The summed E-state index contributed by atoms with van der Waals surface area (Å²) in [4.78, 5) is 12.2. The predicted octanol–water partition coefficient (Wildman–Crippen LogP) is 3.87. The summed E-state index contributed by atoms with van der Waals surface area (Å²) in [6.45, 7) is 9.48. The fraction of sp³-hybridized carbons (Fsp3) is 0.471. The fourth-order valence-electron chi connectivity index (χ4n) is 2.13. The van der Waals surface area contributed by atoms with E-state index in [0.717, 1.165) is 23.1 Å². The number of aromatic nitrogens is 3. The van der Waals surface area contributed by atoms with Gasteiger partial charge in [-0.15, -0.1) is 10.2 Å². The van der Waals surface area contributed by atoms with Gasteiger partial charge in [0, 0.05) is 23.7 Å². The van der Waals surface area contributed by atoms with Gasteiger partial charge in [0.05, 0.1) is 5.25 Å². The molecule has 24 heavy (non-hydrogen) atoms. The Bertz CT molecular complexity index is 684. The van der Waals surface area contributed by atoms with E-state index in [1.54, 1.807) is 0 Å². The first-order valence-electron chi connectivity index (χ1n) is 8.05. The van der Waals surface area contributed by atoms with Crippen molar-refractivity contribution in [2.75, 3.05) is 6.54 Å². The van der Waals surface area contributed by atoms with Crippen LogP contribution in [0.15, 0.2) is 29.4 Å². The summed E-state index contributed by atoms with van der Waals surface area (Å²) in [5, 5.41) is 12.7. The van der Waals surface area contributed by atoms with Gasteiger partial charge in [0.1, 0.15) is 0 Å². The van der Waals surface area contributed by atoms with Crippen LogP contribution in [0.25, 0.3) is 11.4 Å². The maximum absolute atomic E-state index is 12.2. The number of halogens is 1. The van der Waals surface area contributed by atoms with E-state index >= 15 is 0 Å². The molecule has 0 radical (unpaired) electrons. The van der Waals surface area contributed by atoms with Crippen LogP contribution in [0.1, 0.15) is 27.7 Å². The molecule has 0 saturated carbocycles. The van der Waals surface area contributed by atoms with Gasteiger partial charge in [-0.05, 0) is 44.0 Å². The zero-order chi connectivity index (χ0) is 17.7. The highest BCUT2D eigenvalue weighted by Crippen LogP contribution is 2.27. The number of thioether (sulfide) groups is 1. The zero-order valence-electron chi connectivity index (χ0n) is 14.4. The van der Waals surface area contributed by atoms with Crippen LogP contribution >= 0.6 is 23.4 Å². The molecule has 0 bridgehead atoms. The van der Waals surface area contributed by atoms with Gasteiger partial charge >= 0.3 is 0 Å². The van der Waals surface area contributed by atoms with Crippen molar-refractivity contribution in [3.05, 3.63) is 29.3 Å². The molecule has 0 fully saturated rings. The highest BCUT2D eigenvalue weighted by atomic mass is 35.5. The Morgan fingerprint density at radius 2 is 1.92 bits per heavy atom. The van der Waals surface area contributed by atoms with Gasteiger partial charge in [-0.1, -0.05) is 37.2 Å². The minimum absolute atomic E-state index is 0.0207. The molecule has 1 heterocycles. The molecule has 0 aliphatic carbocycles. The number of amides is 1. The highest BCUT2D eigenvalue weighted by Gasteiger charge is 2.20. The summed E-state index contributed by atoms with van der Waals surface area (Å²) in [6, 6.07) is 7.51. The number of nitrogens with one attached hydrogen (secondary N) is 1. The molecule has 0 spiro atoms. The van der Waals surface area contributed by atoms with Crippen LogP contribution in [0.3, 0.4) is 0 Å². The highest BCUT2D eigenvalue weighted by molar-refractivity contribution is 8.00. The first kappa shape index (κ1) is 18.8. The molecule has 1 aromatic carbocycles. The van der Waals surface area contributed by atoms with Crippen molar-refractivity contribution in [1.29, 1.82) is 0 Å². The van der Waals surface area contributed by atoms with Gasteiger partial charge in [-0.25, -0.2) is 0 Å². The lowest BCUT2D eigenvalue weighted by Gasteiger charge is -2.13. The third kappa shape index (κ3) is 4.74. The molecule has 1 aromatic heterocycles.